The van der Waals surface area contributed by atoms with Gasteiger partial charge in [0.1, 0.15) is 0 Å². The average molecular weight is 101 g/mol. The standard InChI is InChI=1S/C3H5SSi/c1-2-3(4)5/h2-4H,1H2. The van der Waals surface area contributed by atoms with Crippen molar-refractivity contribution in [1.82, 2.24) is 0 Å². The van der Waals surface area contributed by atoms with Gasteiger partial charge < -0.3 is 0 Å². The zero-order valence-electron chi connectivity index (χ0n) is 2.81. The summed E-state index contributed by atoms with van der Waals surface area (Å²) in [6, 6.07) is 0. The fraction of sp³-hybridized carbons (Fsp3) is 0.333. The van der Waals surface area contributed by atoms with Crippen molar-refractivity contribution in [3.05, 3.63) is 12.7 Å². The molecule has 0 aliphatic heterocycles. The van der Waals surface area contributed by atoms with Crippen LogP contribution in [0.2, 0.25) is 0 Å². The van der Waals surface area contributed by atoms with E-state index in [1.54, 1.807) is 6.08 Å². The third-order valence-electron chi connectivity index (χ3n) is 0.223. The van der Waals surface area contributed by atoms with Gasteiger partial charge >= 0.3 is 0 Å². The van der Waals surface area contributed by atoms with Crippen molar-refractivity contribution in [3.8, 4) is 0 Å². The molecular formula is C3H5SSi. The SMILES string of the molecule is C=CC([Si])S. The Kier molecular flexibility index (Phi) is 2.69. The lowest BCUT2D eigenvalue weighted by molar-refractivity contribution is 1.68. The highest BCUT2D eigenvalue weighted by atomic mass is 32.1. The van der Waals surface area contributed by atoms with E-state index in [4.69, 9.17) is 0 Å². The van der Waals surface area contributed by atoms with Gasteiger partial charge in [0.05, 0.1) is 0 Å². The zero-order chi connectivity index (χ0) is 4.28. The van der Waals surface area contributed by atoms with Crippen LogP contribution >= 0.6 is 12.6 Å². The minimum atomic E-state index is 0.148. The number of rotatable bonds is 1. The molecule has 0 aromatic heterocycles. The Bertz CT molecular complexity index is 33.9. The fourth-order valence-electron chi connectivity index (χ4n) is 0. The highest BCUT2D eigenvalue weighted by Gasteiger charge is 1.75. The van der Waals surface area contributed by atoms with Crippen LogP contribution in [0.25, 0.3) is 0 Å². The normalized spacial score (nSPS) is 14.0. The van der Waals surface area contributed by atoms with Gasteiger partial charge in [-0.1, -0.05) is 6.08 Å². The average Bonchev–Trinajstić information content (AvgIpc) is 1.38. The number of thiol groups is 1. The van der Waals surface area contributed by atoms with Crippen LogP contribution in [0.1, 0.15) is 0 Å². The predicted molar refractivity (Wildman–Crippen MR) is 28.7 cm³/mol. The maximum Gasteiger partial charge on any atom is 0.0468 e. The van der Waals surface area contributed by atoms with Gasteiger partial charge in [-0.05, 0) is 0 Å². The van der Waals surface area contributed by atoms with E-state index in [-0.39, 0.29) is 4.87 Å². The molecule has 0 fully saturated rings. The Labute approximate surface area is 41.1 Å². The molecule has 0 spiro atoms. The predicted octanol–water partition coefficient (Wildman–Crippen LogP) is 0.597. The molecule has 3 radical (unpaired) electrons. The van der Waals surface area contributed by atoms with Gasteiger partial charge in [0.25, 0.3) is 0 Å². The Balaban J connectivity index is 2.83. The second-order valence-electron chi connectivity index (χ2n) is 0.681. The fourth-order valence-corrected chi connectivity index (χ4v) is 0. The van der Waals surface area contributed by atoms with Crippen LogP contribution in [0.4, 0.5) is 0 Å². The van der Waals surface area contributed by atoms with E-state index < -0.39 is 0 Å². The summed E-state index contributed by atoms with van der Waals surface area (Å²) in [7, 11) is 3.16. The molecule has 0 aromatic rings. The lowest BCUT2D eigenvalue weighted by atomic mass is 10.8. The summed E-state index contributed by atoms with van der Waals surface area (Å²) < 4.78 is 0. The summed E-state index contributed by atoms with van der Waals surface area (Å²) in [5.74, 6) is 0. The Morgan fingerprint density at radius 1 is 2.00 bits per heavy atom. The smallest absolute Gasteiger partial charge is 0.0468 e. The first kappa shape index (κ1) is 5.31. The summed E-state index contributed by atoms with van der Waals surface area (Å²) in [6.07, 6.45) is 1.69. The lowest BCUT2D eigenvalue weighted by Crippen LogP contribution is -1.85. The van der Waals surface area contributed by atoms with E-state index in [0.29, 0.717) is 0 Å². The van der Waals surface area contributed by atoms with Crippen molar-refractivity contribution in [2.75, 3.05) is 0 Å². The molecule has 1 unspecified atom stereocenters. The maximum absolute atomic E-state index is 3.89. The van der Waals surface area contributed by atoms with Gasteiger partial charge in [0.2, 0.25) is 0 Å². The molecule has 0 heterocycles. The van der Waals surface area contributed by atoms with E-state index >= 15 is 0 Å². The monoisotopic (exact) mass is 101 g/mol. The molecule has 0 aliphatic carbocycles. The summed E-state index contributed by atoms with van der Waals surface area (Å²) >= 11 is 3.89. The Morgan fingerprint density at radius 2 is 2.20 bits per heavy atom. The van der Waals surface area contributed by atoms with Crippen LogP contribution in [0.5, 0.6) is 0 Å². The molecule has 27 valence electrons. The molecule has 2 heteroatoms. The van der Waals surface area contributed by atoms with Crippen LogP contribution in [0.15, 0.2) is 12.7 Å². The van der Waals surface area contributed by atoms with Crippen LogP contribution in [0.3, 0.4) is 0 Å². The van der Waals surface area contributed by atoms with E-state index in [2.05, 4.69) is 29.5 Å². The summed E-state index contributed by atoms with van der Waals surface area (Å²) in [6.45, 7) is 3.44. The first-order valence-electron chi connectivity index (χ1n) is 1.29. The quantitative estimate of drug-likeness (QED) is 0.279. The second-order valence-corrected chi connectivity index (χ2v) is 2.34. The zero-order valence-corrected chi connectivity index (χ0v) is 4.70. The molecule has 0 N–H and O–H groups in total. The first-order chi connectivity index (χ1) is 2.27. The molecule has 0 saturated heterocycles. The number of hydrogen-bond acceptors (Lipinski definition) is 1. The highest BCUT2D eigenvalue weighted by molar-refractivity contribution is 7.82. The molecule has 0 rings (SSSR count). The van der Waals surface area contributed by atoms with Crippen molar-refractivity contribution >= 4 is 22.9 Å². The summed E-state index contributed by atoms with van der Waals surface area (Å²) in [4.78, 5) is 0.148. The minimum absolute atomic E-state index is 0.148. The van der Waals surface area contributed by atoms with E-state index in [0.717, 1.165) is 0 Å². The minimum Gasteiger partial charge on any atom is -0.176 e. The van der Waals surface area contributed by atoms with Crippen molar-refractivity contribution in [2.24, 2.45) is 0 Å². The molecule has 0 amide bonds. The van der Waals surface area contributed by atoms with Crippen LogP contribution < -0.4 is 0 Å². The van der Waals surface area contributed by atoms with Gasteiger partial charge in [-0.15, -0.1) is 6.58 Å². The Hall–Kier alpha value is 0.307. The van der Waals surface area contributed by atoms with E-state index in [1.807, 2.05) is 0 Å². The maximum atomic E-state index is 3.89. The highest BCUT2D eigenvalue weighted by Crippen LogP contribution is 1.83. The third kappa shape index (κ3) is 4.31. The van der Waals surface area contributed by atoms with Crippen molar-refractivity contribution in [3.63, 3.8) is 0 Å². The molecule has 0 nitrogen and oxygen atoms in total. The van der Waals surface area contributed by atoms with Gasteiger partial charge in [0.15, 0.2) is 0 Å². The molecule has 1 atom stereocenters. The van der Waals surface area contributed by atoms with Gasteiger partial charge in [-0.3, -0.25) is 0 Å². The molecule has 0 bridgehead atoms. The van der Waals surface area contributed by atoms with Gasteiger partial charge in [0, 0.05) is 15.1 Å². The van der Waals surface area contributed by atoms with Crippen molar-refractivity contribution in [1.29, 1.82) is 0 Å². The molecule has 0 aromatic carbocycles. The van der Waals surface area contributed by atoms with Crippen molar-refractivity contribution in [2.45, 2.75) is 4.87 Å². The summed E-state index contributed by atoms with van der Waals surface area (Å²) in [5, 5.41) is 0. The number of hydrogen-bond donors (Lipinski definition) is 1. The molecule has 0 aliphatic rings. The lowest BCUT2D eigenvalue weighted by Gasteiger charge is -1.82. The van der Waals surface area contributed by atoms with Gasteiger partial charge in [-0.2, -0.15) is 12.6 Å². The van der Waals surface area contributed by atoms with E-state index in [1.165, 1.54) is 0 Å². The Morgan fingerprint density at radius 3 is 2.20 bits per heavy atom. The topological polar surface area (TPSA) is 0 Å². The van der Waals surface area contributed by atoms with Crippen LogP contribution in [0, 0.1) is 0 Å². The molecular weight excluding hydrogens is 96.2 g/mol. The van der Waals surface area contributed by atoms with Crippen LogP contribution in [-0.2, 0) is 0 Å². The largest absolute Gasteiger partial charge is 0.176 e. The van der Waals surface area contributed by atoms with Crippen LogP contribution in [-0.4, -0.2) is 15.1 Å². The van der Waals surface area contributed by atoms with Gasteiger partial charge in [-0.25, -0.2) is 0 Å². The first-order valence-corrected chi connectivity index (χ1v) is 2.38. The second kappa shape index (κ2) is 2.54. The van der Waals surface area contributed by atoms with Crippen molar-refractivity contribution < 1.29 is 0 Å². The third-order valence-corrected chi connectivity index (χ3v) is 0.670. The molecule has 0 saturated carbocycles. The van der Waals surface area contributed by atoms with E-state index in [9.17, 15) is 0 Å². The molecule has 5 heavy (non-hydrogen) atoms. The summed E-state index contributed by atoms with van der Waals surface area (Å²) in [5.41, 5.74) is 0.